The fourth-order valence-electron chi connectivity index (χ4n) is 4.79. The summed E-state index contributed by atoms with van der Waals surface area (Å²) in [5, 5.41) is 8.42. The molecule has 4 aromatic rings. The van der Waals surface area contributed by atoms with Crippen molar-refractivity contribution in [1.82, 2.24) is 30.0 Å². The Kier molecular flexibility index (Phi) is 6.20. The van der Waals surface area contributed by atoms with Crippen LogP contribution in [0.2, 0.25) is 0 Å². The van der Waals surface area contributed by atoms with Gasteiger partial charge in [0.1, 0.15) is 11.3 Å². The van der Waals surface area contributed by atoms with E-state index in [0.717, 1.165) is 73.0 Å². The lowest BCUT2D eigenvalue weighted by molar-refractivity contribution is 0.122. The molecule has 1 aromatic carbocycles. The normalized spacial score (nSPS) is 17.9. The van der Waals surface area contributed by atoms with E-state index in [2.05, 4.69) is 34.3 Å². The molecule has 182 valence electrons. The third-order valence-corrected chi connectivity index (χ3v) is 6.85. The van der Waals surface area contributed by atoms with E-state index in [1.54, 1.807) is 4.68 Å². The molecule has 0 saturated carbocycles. The maximum absolute atomic E-state index is 6.32. The van der Waals surface area contributed by atoms with Crippen molar-refractivity contribution in [2.45, 2.75) is 25.4 Å². The molecule has 6 rings (SSSR count). The highest BCUT2D eigenvalue weighted by Gasteiger charge is 2.23. The van der Waals surface area contributed by atoms with E-state index in [9.17, 15) is 0 Å². The number of morpholine rings is 1. The second-order valence-corrected chi connectivity index (χ2v) is 9.34. The number of anilines is 1. The smallest absolute Gasteiger partial charge is 0.253 e. The Morgan fingerprint density at radius 3 is 2.60 bits per heavy atom. The van der Waals surface area contributed by atoms with Crippen LogP contribution in [0, 0.1) is 0 Å². The van der Waals surface area contributed by atoms with E-state index in [4.69, 9.17) is 24.2 Å². The van der Waals surface area contributed by atoms with Crippen LogP contribution in [-0.4, -0.2) is 77.1 Å². The molecule has 0 amide bonds. The summed E-state index contributed by atoms with van der Waals surface area (Å²) < 4.78 is 13.6. The monoisotopic (exact) mass is 473 g/mol. The van der Waals surface area contributed by atoms with E-state index in [1.807, 2.05) is 36.5 Å². The van der Waals surface area contributed by atoms with Crippen LogP contribution >= 0.6 is 0 Å². The van der Waals surface area contributed by atoms with Crippen molar-refractivity contribution in [3.8, 4) is 17.2 Å². The standard InChI is InChI=1S/C26H31N7O2/c1-31-10-7-20(8-11-31)27-18-21-17-23-24(35-21)25(32-13-15-34-16-14-32)29-26(28-23)33-12-9-22(30-33)19-5-3-2-4-6-19/h2-6,9,12,17,20,27H,7-8,10-11,13-16,18H2,1H3. The topological polar surface area (TPSA) is 84.5 Å². The lowest BCUT2D eigenvalue weighted by Gasteiger charge is -2.29. The van der Waals surface area contributed by atoms with E-state index >= 15 is 0 Å². The van der Waals surface area contributed by atoms with Gasteiger partial charge in [-0.3, -0.25) is 0 Å². The fourth-order valence-corrected chi connectivity index (χ4v) is 4.79. The number of nitrogens with one attached hydrogen (secondary N) is 1. The zero-order valence-corrected chi connectivity index (χ0v) is 20.1. The molecule has 0 aliphatic carbocycles. The highest BCUT2D eigenvalue weighted by molar-refractivity contribution is 5.85. The molecular formula is C26H31N7O2. The van der Waals surface area contributed by atoms with Crippen molar-refractivity contribution >= 4 is 16.9 Å². The first kappa shape index (κ1) is 22.2. The second kappa shape index (κ2) is 9.77. The van der Waals surface area contributed by atoms with E-state index in [1.165, 1.54) is 0 Å². The summed E-state index contributed by atoms with van der Waals surface area (Å²) in [4.78, 5) is 14.3. The summed E-state index contributed by atoms with van der Waals surface area (Å²) in [6.07, 6.45) is 4.22. The molecule has 5 heterocycles. The second-order valence-electron chi connectivity index (χ2n) is 9.34. The number of likely N-dealkylation sites (tertiary alicyclic amines) is 1. The van der Waals surface area contributed by atoms with Crippen LogP contribution < -0.4 is 10.2 Å². The first-order chi connectivity index (χ1) is 17.2. The molecule has 1 N–H and O–H groups in total. The van der Waals surface area contributed by atoms with Gasteiger partial charge in [-0.25, -0.2) is 9.67 Å². The number of ether oxygens (including phenoxy) is 1. The van der Waals surface area contributed by atoms with Crippen molar-refractivity contribution in [3.05, 3.63) is 54.4 Å². The average Bonchev–Trinajstić information content (AvgIpc) is 3.56. The van der Waals surface area contributed by atoms with E-state index < -0.39 is 0 Å². The van der Waals surface area contributed by atoms with E-state index in [-0.39, 0.29) is 0 Å². The predicted molar refractivity (Wildman–Crippen MR) is 135 cm³/mol. The van der Waals surface area contributed by atoms with Gasteiger partial charge in [0.05, 0.1) is 25.5 Å². The molecule has 0 radical (unpaired) electrons. The van der Waals surface area contributed by atoms with E-state index in [0.29, 0.717) is 31.7 Å². The van der Waals surface area contributed by atoms with Crippen molar-refractivity contribution in [3.63, 3.8) is 0 Å². The quantitative estimate of drug-likeness (QED) is 0.457. The number of rotatable bonds is 6. The number of piperidine rings is 1. The highest BCUT2D eigenvalue weighted by Crippen LogP contribution is 2.29. The van der Waals surface area contributed by atoms with Crippen LogP contribution in [0.5, 0.6) is 0 Å². The summed E-state index contributed by atoms with van der Waals surface area (Å²) in [6.45, 7) is 5.82. The molecule has 35 heavy (non-hydrogen) atoms. The van der Waals surface area contributed by atoms with Gasteiger partial charge in [0.2, 0.25) is 0 Å². The van der Waals surface area contributed by atoms with Gasteiger partial charge in [0, 0.05) is 37.0 Å². The molecule has 9 heteroatoms. The third-order valence-electron chi connectivity index (χ3n) is 6.85. The van der Waals surface area contributed by atoms with Crippen LogP contribution in [0.3, 0.4) is 0 Å². The Balaban J connectivity index is 1.31. The van der Waals surface area contributed by atoms with Crippen molar-refractivity contribution in [2.75, 3.05) is 51.3 Å². The molecule has 0 atom stereocenters. The minimum atomic E-state index is 0.514. The van der Waals surface area contributed by atoms with Crippen molar-refractivity contribution in [1.29, 1.82) is 0 Å². The number of nitrogens with zero attached hydrogens (tertiary/aromatic N) is 6. The maximum atomic E-state index is 6.32. The molecule has 0 unspecified atom stereocenters. The van der Waals surface area contributed by atoms with Gasteiger partial charge in [-0.05, 0) is 39.0 Å². The van der Waals surface area contributed by atoms with Crippen LogP contribution in [-0.2, 0) is 11.3 Å². The van der Waals surface area contributed by atoms with Gasteiger partial charge in [-0.2, -0.15) is 10.1 Å². The van der Waals surface area contributed by atoms with Crippen LogP contribution in [0.15, 0.2) is 53.1 Å². The Hall–Kier alpha value is -3.27. The molecule has 3 aromatic heterocycles. The van der Waals surface area contributed by atoms with Crippen LogP contribution in [0.1, 0.15) is 18.6 Å². The summed E-state index contributed by atoms with van der Waals surface area (Å²) >= 11 is 0. The number of hydrogen-bond acceptors (Lipinski definition) is 8. The number of benzene rings is 1. The number of furan rings is 1. The van der Waals surface area contributed by atoms with Gasteiger partial charge >= 0.3 is 0 Å². The summed E-state index contributed by atoms with van der Waals surface area (Å²) in [7, 11) is 2.18. The van der Waals surface area contributed by atoms with Gasteiger partial charge < -0.3 is 24.3 Å². The maximum Gasteiger partial charge on any atom is 0.253 e. The molecule has 0 spiro atoms. The molecule has 9 nitrogen and oxygen atoms in total. The number of fused-ring (bicyclic) bond motifs is 1. The molecular weight excluding hydrogens is 442 g/mol. The predicted octanol–water partition coefficient (Wildman–Crippen LogP) is 3.10. The zero-order chi connectivity index (χ0) is 23.6. The molecule has 2 fully saturated rings. The van der Waals surface area contributed by atoms with Gasteiger partial charge in [0.15, 0.2) is 11.4 Å². The van der Waals surface area contributed by atoms with Gasteiger partial charge in [-0.1, -0.05) is 30.3 Å². The van der Waals surface area contributed by atoms with Gasteiger partial charge in [0.25, 0.3) is 5.95 Å². The van der Waals surface area contributed by atoms with Crippen LogP contribution in [0.4, 0.5) is 5.82 Å². The lowest BCUT2D eigenvalue weighted by Crippen LogP contribution is -2.40. The van der Waals surface area contributed by atoms with Crippen molar-refractivity contribution in [2.24, 2.45) is 0 Å². The Labute approximate surface area is 204 Å². The third kappa shape index (κ3) is 4.80. The largest absolute Gasteiger partial charge is 0.454 e. The molecule has 2 aliphatic rings. The SMILES string of the molecule is CN1CCC(NCc2cc3nc(-n4ccc(-c5ccccc5)n4)nc(N4CCOCC4)c3o2)CC1. The fraction of sp³-hybridized carbons (Fsp3) is 0.423. The summed E-state index contributed by atoms with van der Waals surface area (Å²) in [5.74, 6) is 2.22. The molecule has 2 aliphatic heterocycles. The lowest BCUT2D eigenvalue weighted by atomic mass is 10.1. The number of hydrogen-bond donors (Lipinski definition) is 1. The van der Waals surface area contributed by atoms with Crippen LogP contribution in [0.25, 0.3) is 28.3 Å². The zero-order valence-electron chi connectivity index (χ0n) is 20.1. The Morgan fingerprint density at radius 1 is 1.00 bits per heavy atom. The first-order valence-electron chi connectivity index (χ1n) is 12.4. The molecule has 2 saturated heterocycles. The minimum Gasteiger partial charge on any atom is -0.454 e. The Bertz CT molecular complexity index is 1270. The van der Waals surface area contributed by atoms with Crippen molar-refractivity contribution < 1.29 is 9.15 Å². The summed E-state index contributed by atoms with van der Waals surface area (Å²) in [6, 6.07) is 14.7. The first-order valence-corrected chi connectivity index (χ1v) is 12.4. The summed E-state index contributed by atoms with van der Waals surface area (Å²) in [5.41, 5.74) is 3.48. The molecule has 0 bridgehead atoms. The minimum absolute atomic E-state index is 0.514. The number of aromatic nitrogens is 4. The average molecular weight is 474 g/mol. The highest BCUT2D eigenvalue weighted by atomic mass is 16.5. The van der Waals surface area contributed by atoms with Gasteiger partial charge in [-0.15, -0.1) is 0 Å². The Morgan fingerprint density at radius 2 is 1.80 bits per heavy atom.